The highest BCUT2D eigenvalue weighted by Crippen LogP contribution is 2.21. The molecule has 0 bridgehead atoms. The molecule has 2 aromatic rings. The normalized spacial score (nSPS) is 14.1. The summed E-state index contributed by atoms with van der Waals surface area (Å²) in [5.74, 6) is -0.184. The quantitative estimate of drug-likeness (QED) is 0.807. The Balaban J connectivity index is 2.43. The topological polar surface area (TPSA) is 96.3 Å². The van der Waals surface area contributed by atoms with E-state index in [1.54, 1.807) is 13.0 Å². The van der Waals surface area contributed by atoms with Crippen molar-refractivity contribution in [2.45, 2.75) is 39.2 Å². The molecule has 0 fully saturated rings. The summed E-state index contributed by atoms with van der Waals surface area (Å²) in [5, 5.41) is 3.03. The minimum atomic E-state index is -3.49. The van der Waals surface area contributed by atoms with Crippen LogP contribution in [0, 0.1) is 0 Å². The van der Waals surface area contributed by atoms with Crippen molar-refractivity contribution in [3.05, 3.63) is 46.5 Å². The molecule has 8 heteroatoms. The van der Waals surface area contributed by atoms with E-state index in [0.29, 0.717) is 11.3 Å². The third-order valence-corrected chi connectivity index (χ3v) is 4.80. The number of aromatic amines is 1. The van der Waals surface area contributed by atoms with Crippen molar-refractivity contribution < 1.29 is 8.42 Å². The van der Waals surface area contributed by atoms with Crippen LogP contribution in [0.25, 0.3) is 5.65 Å². The maximum atomic E-state index is 12.2. The number of hydrogen-bond acceptors (Lipinski definition) is 4. The average molecular weight is 338 g/mol. The maximum Gasteiger partial charge on any atom is 0.272 e. The predicted molar refractivity (Wildman–Crippen MR) is 90.0 cm³/mol. The average Bonchev–Trinajstić information content (AvgIpc) is 2.82. The lowest BCUT2D eigenvalue weighted by Gasteiger charge is -2.14. The number of sulfonamides is 1. The molecule has 0 aliphatic heterocycles. The molecule has 0 amide bonds. The van der Waals surface area contributed by atoms with E-state index in [2.05, 4.69) is 21.4 Å². The van der Waals surface area contributed by atoms with Gasteiger partial charge >= 0.3 is 0 Å². The second-order valence-electron chi connectivity index (χ2n) is 6.54. The summed E-state index contributed by atoms with van der Waals surface area (Å²) in [6.07, 6.45) is 1.31. The van der Waals surface area contributed by atoms with Gasteiger partial charge in [0.15, 0.2) is 5.65 Å². The second-order valence-corrected chi connectivity index (χ2v) is 8.34. The molecule has 126 valence electrons. The van der Waals surface area contributed by atoms with Gasteiger partial charge in [0.2, 0.25) is 10.0 Å². The van der Waals surface area contributed by atoms with Gasteiger partial charge in [0.1, 0.15) is 0 Å². The highest BCUT2D eigenvalue weighted by molar-refractivity contribution is 7.89. The molecule has 0 spiro atoms. The van der Waals surface area contributed by atoms with E-state index in [9.17, 15) is 13.2 Å². The Labute approximate surface area is 135 Å². The molecule has 2 rings (SSSR count). The molecule has 0 saturated carbocycles. The van der Waals surface area contributed by atoms with Crippen LogP contribution >= 0.6 is 0 Å². The number of aromatic nitrogens is 3. The summed E-state index contributed by atoms with van der Waals surface area (Å²) in [4.78, 5) is 16.6. The van der Waals surface area contributed by atoms with Crippen molar-refractivity contribution in [1.29, 1.82) is 0 Å². The molecule has 0 radical (unpaired) electrons. The molecule has 0 saturated heterocycles. The molecule has 1 unspecified atom stereocenters. The van der Waals surface area contributed by atoms with Gasteiger partial charge in [0.05, 0.1) is 17.5 Å². The summed E-state index contributed by atoms with van der Waals surface area (Å²) < 4.78 is 27.4. The Hall–Kier alpha value is -1.93. The first-order valence-corrected chi connectivity index (χ1v) is 8.93. The third kappa shape index (κ3) is 3.89. The van der Waals surface area contributed by atoms with Gasteiger partial charge in [-0.2, -0.15) is 0 Å². The zero-order valence-corrected chi connectivity index (χ0v) is 14.6. The lowest BCUT2D eigenvalue weighted by molar-refractivity contribution is 0.560. The van der Waals surface area contributed by atoms with E-state index in [1.807, 2.05) is 20.8 Å². The van der Waals surface area contributed by atoms with Crippen LogP contribution in [-0.4, -0.2) is 28.8 Å². The van der Waals surface area contributed by atoms with Gasteiger partial charge in [-0.05, 0) is 6.92 Å². The Morgan fingerprint density at radius 3 is 2.65 bits per heavy atom. The third-order valence-electron chi connectivity index (χ3n) is 3.42. The summed E-state index contributed by atoms with van der Waals surface area (Å²) in [5.41, 5.74) is 1.28. The van der Waals surface area contributed by atoms with E-state index < -0.39 is 16.1 Å². The predicted octanol–water partition coefficient (Wildman–Crippen LogP) is 1.49. The second kappa shape index (κ2) is 5.93. The zero-order chi connectivity index (χ0) is 17.4. The van der Waals surface area contributed by atoms with Crippen LogP contribution in [-0.2, 0) is 15.4 Å². The van der Waals surface area contributed by atoms with Gasteiger partial charge in [0, 0.05) is 23.2 Å². The van der Waals surface area contributed by atoms with Gasteiger partial charge in [-0.1, -0.05) is 26.8 Å². The fourth-order valence-corrected chi connectivity index (χ4v) is 3.21. The summed E-state index contributed by atoms with van der Waals surface area (Å²) in [6.45, 7) is 11.1. The molecular weight excluding hydrogens is 316 g/mol. The van der Waals surface area contributed by atoms with Gasteiger partial charge < -0.3 is 0 Å². The first-order chi connectivity index (χ1) is 10.5. The number of hydrogen-bond donors (Lipinski definition) is 2. The highest BCUT2D eigenvalue weighted by atomic mass is 32.2. The zero-order valence-electron chi connectivity index (χ0n) is 13.8. The molecular formula is C15H22N4O3S. The first kappa shape index (κ1) is 17.4. The lowest BCUT2D eigenvalue weighted by Crippen LogP contribution is -2.30. The largest absolute Gasteiger partial charge is 0.293 e. The molecule has 2 N–H and O–H groups in total. The van der Waals surface area contributed by atoms with Crippen molar-refractivity contribution in [1.82, 2.24) is 19.3 Å². The van der Waals surface area contributed by atoms with E-state index in [1.165, 1.54) is 16.7 Å². The Kier molecular flexibility index (Phi) is 4.50. The smallest absolute Gasteiger partial charge is 0.272 e. The highest BCUT2D eigenvalue weighted by Gasteiger charge is 2.20. The number of H-pyrrole nitrogens is 1. The summed E-state index contributed by atoms with van der Waals surface area (Å²) in [7, 11) is -3.49. The molecule has 7 nitrogen and oxygen atoms in total. The van der Waals surface area contributed by atoms with E-state index in [4.69, 9.17) is 0 Å². The molecule has 2 heterocycles. The fourth-order valence-electron chi connectivity index (χ4n) is 2.15. The lowest BCUT2D eigenvalue weighted by atomic mass is 9.93. The van der Waals surface area contributed by atoms with E-state index in [0.717, 1.165) is 5.69 Å². The molecule has 23 heavy (non-hydrogen) atoms. The fraction of sp³-hybridized carbons (Fsp3) is 0.467. The van der Waals surface area contributed by atoms with Crippen molar-refractivity contribution >= 4 is 15.7 Å². The van der Waals surface area contributed by atoms with Gasteiger partial charge in [-0.3, -0.25) is 9.89 Å². The van der Waals surface area contributed by atoms with Crippen molar-refractivity contribution in [2.75, 3.05) is 5.75 Å². The number of fused-ring (bicyclic) bond motifs is 1. The molecule has 0 aliphatic carbocycles. The van der Waals surface area contributed by atoms with Crippen LogP contribution < -0.4 is 10.3 Å². The Morgan fingerprint density at radius 2 is 2.09 bits per heavy atom. The summed E-state index contributed by atoms with van der Waals surface area (Å²) >= 11 is 0. The molecule has 2 aromatic heterocycles. The van der Waals surface area contributed by atoms with E-state index in [-0.39, 0.29) is 16.7 Å². The molecule has 1 atom stereocenters. The Morgan fingerprint density at radius 1 is 1.43 bits per heavy atom. The van der Waals surface area contributed by atoms with Crippen LogP contribution in [0.4, 0.5) is 0 Å². The van der Waals surface area contributed by atoms with Crippen molar-refractivity contribution in [3.8, 4) is 0 Å². The number of nitrogens with zero attached hydrogens (tertiary/aromatic N) is 2. The molecule has 0 aromatic carbocycles. The van der Waals surface area contributed by atoms with Gasteiger partial charge in [-0.25, -0.2) is 22.6 Å². The van der Waals surface area contributed by atoms with Crippen LogP contribution in [0.5, 0.6) is 0 Å². The Bertz CT molecular complexity index is 888. The van der Waals surface area contributed by atoms with Crippen LogP contribution in [0.2, 0.25) is 0 Å². The summed E-state index contributed by atoms with van der Waals surface area (Å²) in [6, 6.07) is 2.53. The minimum absolute atomic E-state index is 0.155. The maximum absolute atomic E-state index is 12.2. The van der Waals surface area contributed by atoms with Crippen LogP contribution in [0.1, 0.15) is 45.1 Å². The standard InChI is InChI=1S/C15H22N4O3S/c1-6-7-23(21,22)18-10(2)11-8-14(20)19-13(16-11)9-12(17-19)15(3,4)5/h6,8-10,17-18H,1,7H2,2-5H3. The molecule has 0 aliphatic rings. The van der Waals surface area contributed by atoms with E-state index >= 15 is 0 Å². The van der Waals surface area contributed by atoms with Crippen LogP contribution in [0.3, 0.4) is 0 Å². The first-order valence-electron chi connectivity index (χ1n) is 7.27. The van der Waals surface area contributed by atoms with Gasteiger partial charge in [0.25, 0.3) is 5.56 Å². The van der Waals surface area contributed by atoms with Crippen LogP contribution in [0.15, 0.2) is 29.6 Å². The minimum Gasteiger partial charge on any atom is -0.293 e. The number of nitrogens with one attached hydrogen (secondary N) is 2. The SMILES string of the molecule is C=CCS(=O)(=O)NC(C)c1cc(=O)n2[nH]c(C(C)(C)C)cc2n1. The monoisotopic (exact) mass is 338 g/mol. The van der Waals surface area contributed by atoms with Crippen molar-refractivity contribution in [2.24, 2.45) is 0 Å². The van der Waals surface area contributed by atoms with Gasteiger partial charge in [-0.15, -0.1) is 6.58 Å². The van der Waals surface area contributed by atoms with Crippen molar-refractivity contribution in [3.63, 3.8) is 0 Å². The number of rotatable bonds is 5.